The van der Waals surface area contributed by atoms with Crippen LogP contribution >= 0.6 is 11.6 Å². The number of ether oxygens (including phenoxy) is 1. The van der Waals surface area contributed by atoms with Gasteiger partial charge in [0.15, 0.2) is 0 Å². The third-order valence-electron chi connectivity index (χ3n) is 5.60. The van der Waals surface area contributed by atoms with Crippen LogP contribution in [0.25, 0.3) is 11.0 Å². The van der Waals surface area contributed by atoms with Crippen LogP contribution < -0.4 is 15.0 Å². The summed E-state index contributed by atoms with van der Waals surface area (Å²) >= 11 is 6.16. The predicted octanol–water partition coefficient (Wildman–Crippen LogP) is 4.59. The van der Waals surface area contributed by atoms with Gasteiger partial charge in [-0.1, -0.05) is 17.7 Å². The zero-order valence-corrected chi connectivity index (χ0v) is 17.5. The van der Waals surface area contributed by atoms with E-state index in [2.05, 4.69) is 23.2 Å². The highest BCUT2D eigenvalue weighted by atomic mass is 35.5. The van der Waals surface area contributed by atoms with E-state index in [1.807, 2.05) is 30.3 Å². The van der Waals surface area contributed by atoms with Crippen molar-refractivity contribution in [3.05, 3.63) is 58.8 Å². The smallest absolute Gasteiger partial charge is 0.224 e. The van der Waals surface area contributed by atoms with Crippen molar-refractivity contribution in [3.8, 4) is 5.75 Å². The summed E-state index contributed by atoms with van der Waals surface area (Å²) in [5.74, 6) is 1.19. The van der Waals surface area contributed by atoms with Gasteiger partial charge in [0.05, 0.1) is 19.8 Å². The van der Waals surface area contributed by atoms with Crippen LogP contribution in [0, 0.1) is 12.8 Å². The van der Waals surface area contributed by atoms with E-state index in [0.29, 0.717) is 18.9 Å². The average Bonchev–Trinajstić information content (AvgIpc) is 3.35. The number of hydrogen-bond donors (Lipinski definition) is 1. The first-order valence-electron chi connectivity index (χ1n) is 9.85. The SMILES string of the molecule is COc1ccc2c(CC(=O)NCC3CCN(c4cc(Cl)ccc4C)C3)coc2c1. The van der Waals surface area contributed by atoms with E-state index in [0.717, 1.165) is 46.8 Å². The molecule has 29 heavy (non-hydrogen) atoms. The summed E-state index contributed by atoms with van der Waals surface area (Å²) in [5.41, 5.74) is 4.03. The zero-order chi connectivity index (χ0) is 20.4. The maximum Gasteiger partial charge on any atom is 0.224 e. The van der Waals surface area contributed by atoms with E-state index >= 15 is 0 Å². The number of hydrogen-bond acceptors (Lipinski definition) is 4. The van der Waals surface area contributed by atoms with Gasteiger partial charge in [-0.05, 0) is 49.1 Å². The number of nitrogens with zero attached hydrogens (tertiary/aromatic N) is 1. The second-order valence-electron chi connectivity index (χ2n) is 7.64. The molecule has 2 heterocycles. The van der Waals surface area contributed by atoms with Crippen LogP contribution in [0.4, 0.5) is 5.69 Å². The Morgan fingerprint density at radius 1 is 1.31 bits per heavy atom. The van der Waals surface area contributed by atoms with Gasteiger partial charge in [-0.2, -0.15) is 0 Å². The largest absolute Gasteiger partial charge is 0.497 e. The minimum Gasteiger partial charge on any atom is -0.497 e. The van der Waals surface area contributed by atoms with Crippen molar-refractivity contribution in [1.82, 2.24) is 5.32 Å². The molecule has 1 aromatic heterocycles. The predicted molar refractivity (Wildman–Crippen MR) is 116 cm³/mol. The number of methoxy groups -OCH3 is 1. The minimum absolute atomic E-state index is 0.0147. The number of benzene rings is 2. The molecule has 5 nitrogen and oxygen atoms in total. The molecule has 2 aromatic carbocycles. The van der Waals surface area contributed by atoms with Crippen molar-refractivity contribution >= 4 is 34.2 Å². The molecule has 152 valence electrons. The van der Waals surface area contributed by atoms with Gasteiger partial charge in [-0.15, -0.1) is 0 Å². The maximum absolute atomic E-state index is 12.5. The summed E-state index contributed by atoms with van der Waals surface area (Å²) in [5, 5.41) is 4.80. The molecule has 1 fully saturated rings. The van der Waals surface area contributed by atoms with Crippen LogP contribution in [0.5, 0.6) is 5.75 Å². The highest BCUT2D eigenvalue weighted by Crippen LogP contribution is 2.29. The van der Waals surface area contributed by atoms with Gasteiger partial charge in [0.25, 0.3) is 0 Å². The molecule has 1 aliphatic rings. The lowest BCUT2D eigenvalue weighted by Crippen LogP contribution is -2.32. The van der Waals surface area contributed by atoms with Gasteiger partial charge >= 0.3 is 0 Å². The van der Waals surface area contributed by atoms with Crippen LogP contribution in [0.15, 0.2) is 47.1 Å². The Hall–Kier alpha value is -2.66. The van der Waals surface area contributed by atoms with E-state index in [-0.39, 0.29) is 5.91 Å². The van der Waals surface area contributed by atoms with Gasteiger partial charge < -0.3 is 19.4 Å². The number of amides is 1. The van der Waals surface area contributed by atoms with E-state index < -0.39 is 0 Å². The molecule has 3 aromatic rings. The molecule has 0 bridgehead atoms. The Labute approximate surface area is 175 Å². The average molecular weight is 413 g/mol. The van der Waals surface area contributed by atoms with E-state index in [1.54, 1.807) is 13.4 Å². The fourth-order valence-corrected chi connectivity index (χ4v) is 4.13. The quantitative estimate of drug-likeness (QED) is 0.643. The fourth-order valence-electron chi connectivity index (χ4n) is 3.96. The molecule has 1 unspecified atom stereocenters. The third kappa shape index (κ3) is 4.35. The summed E-state index contributed by atoms with van der Waals surface area (Å²) in [4.78, 5) is 14.8. The van der Waals surface area contributed by atoms with Gasteiger partial charge in [0, 0.05) is 47.4 Å². The van der Waals surface area contributed by atoms with Crippen molar-refractivity contribution in [2.24, 2.45) is 5.92 Å². The number of carbonyl (C=O) groups is 1. The van der Waals surface area contributed by atoms with Crippen LogP contribution in [-0.2, 0) is 11.2 Å². The van der Waals surface area contributed by atoms with Crippen molar-refractivity contribution in [2.75, 3.05) is 31.6 Å². The van der Waals surface area contributed by atoms with Gasteiger partial charge in [-0.25, -0.2) is 0 Å². The number of rotatable bonds is 6. The highest BCUT2D eigenvalue weighted by Gasteiger charge is 2.24. The molecule has 0 aliphatic carbocycles. The standard InChI is InChI=1S/C23H25ClN2O3/c1-15-3-4-18(24)10-21(15)26-8-7-16(13-26)12-25-23(27)9-17-14-29-22-11-19(28-2)5-6-20(17)22/h3-6,10-11,14,16H,7-9,12-13H2,1-2H3,(H,25,27). The molecular formula is C23H25ClN2O3. The first kappa shape index (κ1) is 19.6. The second kappa shape index (κ2) is 8.37. The summed E-state index contributed by atoms with van der Waals surface area (Å²) in [6.07, 6.45) is 3.02. The second-order valence-corrected chi connectivity index (χ2v) is 8.07. The van der Waals surface area contributed by atoms with E-state index in [4.69, 9.17) is 20.8 Å². The number of halogens is 1. The Bertz CT molecular complexity index is 1030. The van der Waals surface area contributed by atoms with E-state index in [1.165, 1.54) is 11.3 Å². The third-order valence-corrected chi connectivity index (χ3v) is 5.83. The molecule has 1 aliphatic heterocycles. The van der Waals surface area contributed by atoms with Crippen molar-refractivity contribution in [1.29, 1.82) is 0 Å². The Balaban J connectivity index is 1.32. The number of carbonyl (C=O) groups excluding carboxylic acids is 1. The molecule has 1 N–H and O–H groups in total. The molecule has 4 rings (SSSR count). The minimum atomic E-state index is 0.0147. The normalized spacial score (nSPS) is 16.4. The number of anilines is 1. The van der Waals surface area contributed by atoms with Crippen LogP contribution in [0.2, 0.25) is 5.02 Å². The highest BCUT2D eigenvalue weighted by molar-refractivity contribution is 6.30. The Morgan fingerprint density at radius 3 is 3.00 bits per heavy atom. The van der Waals surface area contributed by atoms with Gasteiger partial charge in [-0.3, -0.25) is 4.79 Å². The number of furan rings is 1. The Morgan fingerprint density at radius 2 is 2.17 bits per heavy atom. The summed E-state index contributed by atoms with van der Waals surface area (Å²) in [6.45, 7) is 4.69. The number of aryl methyl sites for hydroxylation is 1. The number of fused-ring (bicyclic) bond motifs is 1. The van der Waals surface area contributed by atoms with Crippen LogP contribution in [-0.4, -0.2) is 32.7 Å². The molecular weight excluding hydrogens is 388 g/mol. The number of nitrogens with one attached hydrogen (secondary N) is 1. The summed E-state index contributed by atoms with van der Waals surface area (Å²) in [6, 6.07) is 11.6. The molecule has 0 saturated carbocycles. The monoisotopic (exact) mass is 412 g/mol. The Kier molecular flexibility index (Phi) is 5.67. The lowest BCUT2D eigenvalue weighted by molar-refractivity contribution is -0.120. The van der Waals surface area contributed by atoms with Crippen molar-refractivity contribution < 1.29 is 13.9 Å². The molecule has 6 heteroatoms. The molecule has 0 radical (unpaired) electrons. The zero-order valence-electron chi connectivity index (χ0n) is 16.7. The van der Waals surface area contributed by atoms with Gasteiger partial charge in [0.2, 0.25) is 5.91 Å². The maximum atomic E-state index is 12.5. The first-order valence-corrected chi connectivity index (χ1v) is 10.2. The summed E-state index contributed by atoms with van der Waals surface area (Å²) < 4.78 is 10.8. The molecule has 1 atom stereocenters. The van der Waals surface area contributed by atoms with Crippen molar-refractivity contribution in [3.63, 3.8) is 0 Å². The van der Waals surface area contributed by atoms with Crippen LogP contribution in [0.3, 0.4) is 0 Å². The lowest BCUT2D eigenvalue weighted by atomic mass is 10.1. The van der Waals surface area contributed by atoms with Crippen LogP contribution in [0.1, 0.15) is 17.5 Å². The summed E-state index contributed by atoms with van der Waals surface area (Å²) in [7, 11) is 1.62. The van der Waals surface area contributed by atoms with Crippen molar-refractivity contribution in [2.45, 2.75) is 19.8 Å². The van der Waals surface area contributed by atoms with Gasteiger partial charge in [0.1, 0.15) is 11.3 Å². The first-order chi connectivity index (χ1) is 14.0. The molecule has 1 saturated heterocycles. The molecule has 0 spiro atoms. The fraction of sp³-hybridized carbons (Fsp3) is 0.348. The molecule has 1 amide bonds. The topological polar surface area (TPSA) is 54.7 Å². The lowest BCUT2D eigenvalue weighted by Gasteiger charge is -2.21. The van der Waals surface area contributed by atoms with E-state index in [9.17, 15) is 4.79 Å².